The highest BCUT2D eigenvalue weighted by Gasteiger charge is 2.42. The van der Waals surface area contributed by atoms with E-state index in [1.54, 1.807) is 11.9 Å². The van der Waals surface area contributed by atoms with Crippen LogP contribution < -0.4 is 15.4 Å². The van der Waals surface area contributed by atoms with Crippen LogP contribution in [0.4, 0.5) is 0 Å². The Morgan fingerprint density at radius 1 is 1.19 bits per heavy atom. The van der Waals surface area contributed by atoms with Crippen LogP contribution in [0.5, 0.6) is 5.75 Å². The van der Waals surface area contributed by atoms with Gasteiger partial charge in [0.05, 0.1) is 12.0 Å². The van der Waals surface area contributed by atoms with Crippen molar-refractivity contribution in [1.29, 1.82) is 0 Å². The van der Waals surface area contributed by atoms with E-state index >= 15 is 0 Å². The molecule has 2 rings (SSSR count). The zero-order chi connectivity index (χ0) is 18.1. The van der Waals surface area contributed by atoms with Crippen LogP contribution in [-0.2, 0) is 4.79 Å². The third-order valence-corrected chi connectivity index (χ3v) is 4.64. The molecule has 6 nitrogen and oxygen atoms in total. The SMILES string of the molecule is CN=C(NCCOc1ccccc1)NCC1(C(=O)N(C)C)CCCC1.I. The zero-order valence-electron chi connectivity index (χ0n) is 16.0. The molecule has 0 saturated heterocycles. The third-order valence-electron chi connectivity index (χ3n) is 4.64. The van der Waals surface area contributed by atoms with E-state index in [0.29, 0.717) is 25.7 Å². The van der Waals surface area contributed by atoms with Gasteiger partial charge in [0, 0.05) is 27.7 Å². The summed E-state index contributed by atoms with van der Waals surface area (Å²) in [6.07, 6.45) is 4.09. The van der Waals surface area contributed by atoms with Gasteiger partial charge >= 0.3 is 0 Å². The van der Waals surface area contributed by atoms with Crippen molar-refractivity contribution in [1.82, 2.24) is 15.5 Å². The minimum absolute atomic E-state index is 0. The number of carbonyl (C=O) groups excluding carboxylic acids is 1. The largest absolute Gasteiger partial charge is 0.492 e. The van der Waals surface area contributed by atoms with Crippen molar-refractivity contribution >= 4 is 35.8 Å². The van der Waals surface area contributed by atoms with Crippen LogP contribution in [0.25, 0.3) is 0 Å². The number of para-hydroxylation sites is 1. The number of hydrogen-bond acceptors (Lipinski definition) is 3. The molecule has 0 aliphatic heterocycles. The Hall–Kier alpha value is -1.51. The Morgan fingerprint density at radius 3 is 2.42 bits per heavy atom. The average Bonchev–Trinajstić information content (AvgIpc) is 3.11. The second kappa shape index (κ2) is 11.3. The minimum Gasteiger partial charge on any atom is -0.492 e. The van der Waals surface area contributed by atoms with Crippen molar-refractivity contribution in [2.75, 3.05) is 40.8 Å². The first-order valence-electron chi connectivity index (χ1n) is 8.91. The summed E-state index contributed by atoms with van der Waals surface area (Å²) in [5.74, 6) is 1.77. The van der Waals surface area contributed by atoms with E-state index in [4.69, 9.17) is 4.74 Å². The third kappa shape index (κ3) is 6.34. The quantitative estimate of drug-likeness (QED) is 0.276. The van der Waals surface area contributed by atoms with Gasteiger partial charge in [-0.1, -0.05) is 31.0 Å². The molecule has 1 fully saturated rings. The molecule has 1 amide bonds. The summed E-state index contributed by atoms with van der Waals surface area (Å²) in [5.41, 5.74) is -0.304. The molecule has 0 spiro atoms. The lowest BCUT2D eigenvalue weighted by Gasteiger charge is -2.31. The first-order valence-corrected chi connectivity index (χ1v) is 8.91. The maximum absolute atomic E-state index is 12.6. The van der Waals surface area contributed by atoms with Crippen LogP contribution in [0, 0.1) is 5.41 Å². The summed E-state index contributed by atoms with van der Waals surface area (Å²) in [6, 6.07) is 9.73. The van der Waals surface area contributed by atoms with E-state index in [1.165, 1.54) is 0 Å². The van der Waals surface area contributed by atoms with E-state index in [9.17, 15) is 4.79 Å². The van der Waals surface area contributed by atoms with E-state index < -0.39 is 0 Å². The monoisotopic (exact) mass is 474 g/mol. The first kappa shape index (κ1) is 22.5. The first-order chi connectivity index (χ1) is 12.1. The minimum atomic E-state index is -0.304. The standard InChI is InChI=1S/C19H30N4O2.HI/c1-20-18(21-13-14-25-16-9-5-4-6-10-16)22-15-19(11-7-8-12-19)17(24)23(2)3;/h4-6,9-10H,7-8,11-15H2,1-3H3,(H2,20,21,22);1H. The Kier molecular flexibility index (Phi) is 9.75. The van der Waals surface area contributed by atoms with Crippen LogP contribution in [0.3, 0.4) is 0 Å². The van der Waals surface area contributed by atoms with Gasteiger partial charge in [0.2, 0.25) is 5.91 Å². The molecule has 1 aliphatic rings. The Balaban J connectivity index is 0.00000338. The fourth-order valence-electron chi connectivity index (χ4n) is 3.32. The van der Waals surface area contributed by atoms with Gasteiger partial charge in [-0.2, -0.15) is 0 Å². The number of nitrogens with one attached hydrogen (secondary N) is 2. The Labute approximate surface area is 173 Å². The number of benzene rings is 1. The fraction of sp³-hybridized carbons (Fsp3) is 0.579. The topological polar surface area (TPSA) is 66.0 Å². The second-order valence-corrected chi connectivity index (χ2v) is 6.70. The average molecular weight is 474 g/mol. The summed E-state index contributed by atoms with van der Waals surface area (Å²) in [7, 11) is 5.40. The number of hydrogen-bond donors (Lipinski definition) is 2. The summed E-state index contributed by atoms with van der Waals surface area (Å²) in [6.45, 7) is 1.80. The molecule has 0 radical (unpaired) electrons. The van der Waals surface area contributed by atoms with Gasteiger partial charge in [-0.15, -0.1) is 24.0 Å². The van der Waals surface area contributed by atoms with Crippen LogP contribution in [0.2, 0.25) is 0 Å². The van der Waals surface area contributed by atoms with Gasteiger partial charge in [-0.05, 0) is 25.0 Å². The van der Waals surface area contributed by atoms with Crippen molar-refractivity contribution in [2.45, 2.75) is 25.7 Å². The predicted molar refractivity (Wildman–Crippen MR) is 116 cm³/mol. The molecule has 7 heteroatoms. The number of halogens is 1. The van der Waals surface area contributed by atoms with E-state index in [0.717, 1.165) is 31.4 Å². The molecular formula is C19H31IN4O2. The number of amides is 1. The van der Waals surface area contributed by atoms with Gasteiger partial charge < -0.3 is 20.3 Å². The Morgan fingerprint density at radius 2 is 1.85 bits per heavy atom. The Bertz CT molecular complexity index is 572. The molecule has 0 heterocycles. The summed E-state index contributed by atoms with van der Waals surface area (Å²) in [4.78, 5) is 18.5. The number of aliphatic imine (C=N–C) groups is 1. The molecule has 1 aliphatic carbocycles. The molecule has 1 aromatic rings. The lowest BCUT2D eigenvalue weighted by Crippen LogP contribution is -2.49. The molecule has 0 unspecified atom stereocenters. The highest BCUT2D eigenvalue weighted by atomic mass is 127. The molecule has 1 saturated carbocycles. The fourth-order valence-corrected chi connectivity index (χ4v) is 3.32. The van der Waals surface area contributed by atoms with Crippen molar-refractivity contribution in [3.05, 3.63) is 30.3 Å². The van der Waals surface area contributed by atoms with E-state index in [2.05, 4.69) is 15.6 Å². The van der Waals surface area contributed by atoms with Crippen molar-refractivity contribution < 1.29 is 9.53 Å². The molecule has 2 N–H and O–H groups in total. The maximum Gasteiger partial charge on any atom is 0.230 e. The second-order valence-electron chi connectivity index (χ2n) is 6.70. The van der Waals surface area contributed by atoms with Gasteiger partial charge in [-0.25, -0.2) is 0 Å². The zero-order valence-corrected chi connectivity index (χ0v) is 18.3. The molecule has 0 atom stereocenters. The van der Waals surface area contributed by atoms with E-state index in [1.807, 2.05) is 44.4 Å². The summed E-state index contributed by atoms with van der Waals surface area (Å²) >= 11 is 0. The van der Waals surface area contributed by atoms with Gasteiger partial charge in [0.1, 0.15) is 12.4 Å². The number of ether oxygens (including phenoxy) is 1. The number of carbonyl (C=O) groups is 1. The molecule has 0 aromatic heterocycles. The molecule has 146 valence electrons. The van der Waals surface area contributed by atoms with Crippen LogP contribution in [-0.4, -0.2) is 57.6 Å². The lowest BCUT2D eigenvalue weighted by molar-refractivity contribution is -0.138. The highest BCUT2D eigenvalue weighted by molar-refractivity contribution is 14.0. The van der Waals surface area contributed by atoms with Crippen LogP contribution in [0.15, 0.2) is 35.3 Å². The number of rotatable bonds is 7. The predicted octanol–water partition coefficient (Wildman–Crippen LogP) is 2.50. The van der Waals surface area contributed by atoms with Crippen molar-refractivity contribution in [3.63, 3.8) is 0 Å². The smallest absolute Gasteiger partial charge is 0.230 e. The van der Waals surface area contributed by atoms with Crippen molar-refractivity contribution in [2.24, 2.45) is 10.4 Å². The number of guanidine groups is 1. The van der Waals surface area contributed by atoms with Crippen LogP contribution in [0.1, 0.15) is 25.7 Å². The normalized spacial score (nSPS) is 15.7. The molecular weight excluding hydrogens is 443 g/mol. The summed E-state index contributed by atoms with van der Waals surface area (Å²) < 4.78 is 5.66. The maximum atomic E-state index is 12.6. The van der Waals surface area contributed by atoms with Gasteiger partial charge in [0.25, 0.3) is 0 Å². The van der Waals surface area contributed by atoms with Crippen LogP contribution >= 0.6 is 24.0 Å². The summed E-state index contributed by atoms with van der Waals surface area (Å²) in [5, 5.41) is 6.56. The lowest BCUT2D eigenvalue weighted by atomic mass is 9.84. The highest BCUT2D eigenvalue weighted by Crippen LogP contribution is 2.38. The van der Waals surface area contributed by atoms with E-state index in [-0.39, 0.29) is 35.3 Å². The van der Waals surface area contributed by atoms with Crippen molar-refractivity contribution in [3.8, 4) is 5.75 Å². The number of nitrogens with zero attached hydrogens (tertiary/aromatic N) is 2. The van der Waals surface area contributed by atoms with Gasteiger partial charge in [-0.3, -0.25) is 9.79 Å². The molecule has 1 aromatic carbocycles. The molecule has 0 bridgehead atoms. The molecule has 26 heavy (non-hydrogen) atoms. The van der Waals surface area contributed by atoms with Gasteiger partial charge in [0.15, 0.2) is 5.96 Å².